The molecule has 0 radical (unpaired) electrons. The molecule has 1 aliphatic heterocycles. The van der Waals surface area contributed by atoms with Crippen molar-refractivity contribution in [3.63, 3.8) is 0 Å². The standard InChI is InChI=1S/C12H16ClFN2O2S/c13-11-2-1-9(14)6-10(11)12(16-15)5-8-3-4-19(17,18)7-8/h1-2,6,8,12,16H,3-5,7,15H2. The summed E-state index contributed by atoms with van der Waals surface area (Å²) in [4.78, 5) is 0. The van der Waals surface area contributed by atoms with Gasteiger partial charge in [0.2, 0.25) is 0 Å². The highest BCUT2D eigenvalue weighted by Crippen LogP contribution is 2.32. The molecule has 4 nitrogen and oxygen atoms in total. The van der Waals surface area contributed by atoms with E-state index in [4.69, 9.17) is 17.4 Å². The quantitative estimate of drug-likeness (QED) is 0.657. The molecule has 3 N–H and O–H groups in total. The van der Waals surface area contributed by atoms with Gasteiger partial charge in [0.05, 0.1) is 11.5 Å². The third kappa shape index (κ3) is 3.66. The van der Waals surface area contributed by atoms with Crippen molar-refractivity contribution >= 4 is 21.4 Å². The molecule has 0 amide bonds. The number of sulfone groups is 1. The first-order chi connectivity index (χ1) is 8.91. The van der Waals surface area contributed by atoms with Gasteiger partial charge in [0, 0.05) is 11.1 Å². The minimum absolute atomic E-state index is 0.0328. The Hall–Kier alpha value is -0.690. The van der Waals surface area contributed by atoms with Crippen molar-refractivity contribution in [1.29, 1.82) is 0 Å². The summed E-state index contributed by atoms with van der Waals surface area (Å²) in [6, 6.07) is 3.74. The fourth-order valence-corrected chi connectivity index (χ4v) is 4.59. The van der Waals surface area contributed by atoms with Crippen LogP contribution in [0.15, 0.2) is 18.2 Å². The monoisotopic (exact) mass is 306 g/mol. The minimum Gasteiger partial charge on any atom is -0.271 e. The Kier molecular flexibility index (Phi) is 4.45. The van der Waals surface area contributed by atoms with Crippen LogP contribution in [0.2, 0.25) is 5.02 Å². The van der Waals surface area contributed by atoms with Gasteiger partial charge in [-0.1, -0.05) is 11.6 Å². The highest BCUT2D eigenvalue weighted by atomic mass is 35.5. The number of hydrazine groups is 1. The summed E-state index contributed by atoms with van der Waals surface area (Å²) in [5, 5.41) is 0.421. The number of rotatable bonds is 4. The highest BCUT2D eigenvalue weighted by Gasteiger charge is 2.30. The molecule has 1 heterocycles. The van der Waals surface area contributed by atoms with E-state index in [-0.39, 0.29) is 23.5 Å². The first-order valence-electron chi connectivity index (χ1n) is 6.03. The van der Waals surface area contributed by atoms with Crippen LogP contribution in [0.1, 0.15) is 24.4 Å². The van der Waals surface area contributed by atoms with Crippen LogP contribution in [0.5, 0.6) is 0 Å². The lowest BCUT2D eigenvalue weighted by Gasteiger charge is -2.20. The zero-order chi connectivity index (χ0) is 14.0. The van der Waals surface area contributed by atoms with Crippen LogP contribution >= 0.6 is 11.6 Å². The van der Waals surface area contributed by atoms with Crippen LogP contribution in [0, 0.1) is 11.7 Å². The molecule has 0 bridgehead atoms. The Morgan fingerprint density at radius 2 is 2.26 bits per heavy atom. The summed E-state index contributed by atoms with van der Waals surface area (Å²) >= 11 is 6.03. The van der Waals surface area contributed by atoms with E-state index in [0.29, 0.717) is 23.4 Å². The fourth-order valence-electron chi connectivity index (χ4n) is 2.46. The van der Waals surface area contributed by atoms with E-state index in [9.17, 15) is 12.8 Å². The molecule has 19 heavy (non-hydrogen) atoms. The number of hydrogen-bond donors (Lipinski definition) is 2. The molecule has 1 fully saturated rings. The van der Waals surface area contributed by atoms with Gasteiger partial charge in [-0.2, -0.15) is 0 Å². The molecule has 2 unspecified atom stereocenters. The zero-order valence-corrected chi connectivity index (χ0v) is 11.8. The van der Waals surface area contributed by atoms with Gasteiger partial charge in [0.1, 0.15) is 5.82 Å². The molecule has 0 aliphatic carbocycles. The Bertz CT molecular complexity index is 565. The van der Waals surface area contributed by atoms with E-state index in [0.717, 1.165) is 0 Å². The lowest BCUT2D eigenvalue weighted by molar-refractivity contribution is 0.420. The van der Waals surface area contributed by atoms with Gasteiger partial charge in [-0.25, -0.2) is 12.8 Å². The number of nitrogens with two attached hydrogens (primary N) is 1. The summed E-state index contributed by atoms with van der Waals surface area (Å²) in [7, 11) is -2.93. The maximum absolute atomic E-state index is 13.3. The lowest BCUT2D eigenvalue weighted by Crippen LogP contribution is -2.30. The molecule has 1 aromatic carbocycles. The first kappa shape index (κ1) is 14.7. The summed E-state index contributed by atoms with van der Waals surface area (Å²) < 4.78 is 36.1. The van der Waals surface area contributed by atoms with Crippen molar-refractivity contribution < 1.29 is 12.8 Å². The largest absolute Gasteiger partial charge is 0.271 e. The van der Waals surface area contributed by atoms with E-state index in [1.807, 2.05) is 0 Å². The first-order valence-corrected chi connectivity index (χ1v) is 8.23. The van der Waals surface area contributed by atoms with E-state index >= 15 is 0 Å². The van der Waals surface area contributed by atoms with E-state index < -0.39 is 15.7 Å². The number of halogens is 2. The average molecular weight is 307 g/mol. The molecule has 0 spiro atoms. The Morgan fingerprint density at radius 3 is 2.84 bits per heavy atom. The van der Waals surface area contributed by atoms with Crippen molar-refractivity contribution in [3.05, 3.63) is 34.6 Å². The van der Waals surface area contributed by atoms with E-state index in [2.05, 4.69) is 5.43 Å². The van der Waals surface area contributed by atoms with Crippen LogP contribution in [-0.4, -0.2) is 19.9 Å². The zero-order valence-electron chi connectivity index (χ0n) is 10.3. The molecule has 0 aromatic heterocycles. The molecule has 1 aromatic rings. The summed E-state index contributed by atoms with van der Waals surface area (Å²) in [5.74, 6) is 5.51. The summed E-state index contributed by atoms with van der Waals surface area (Å²) in [6.07, 6.45) is 1.15. The van der Waals surface area contributed by atoms with Crippen LogP contribution in [0.4, 0.5) is 4.39 Å². The number of nitrogens with one attached hydrogen (secondary N) is 1. The van der Waals surface area contributed by atoms with Gasteiger partial charge in [-0.15, -0.1) is 0 Å². The number of benzene rings is 1. The second kappa shape index (κ2) is 5.75. The summed E-state index contributed by atoms with van der Waals surface area (Å²) in [6.45, 7) is 0. The van der Waals surface area contributed by atoms with E-state index in [1.54, 1.807) is 0 Å². The van der Waals surface area contributed by atoms with Crippen LogP contribution in [0.25, 0.3) is 0 Å². The van der Waals surface area contributed by atoms with Crippen molar-refractivity contribution in [2.24, 2.45) is 11.8 Å². The van der Waals surface area contributed by atoms with Gasteiger partial charge in [0.15, 0.2) is 9.84 Å². The third-order valence-electron chi connectivity index (χ3n) is 3.43. The Balaban J connectivity index is 2.14. The molecule has 2 rings (SSSR count). The molecular formula is C12H16ClFN2O2S. The fraction of sp³-hybridized carbons (Fsp3) is 0.500. The van der Waals surface area contributed by atoms with Crippen molar-refractivity contribution in [1.82, 2.24) is 5.43 Å². The Morgan fingerprint density at radius 1 is 1.53 bits per heavy atom. The smallest absolute Gasteiger partial charge is 0.150 e. The molecule has 1 saturated heterocycles. The maximum Gasteiger partial charge on any atom is 0.150 e. The lowest BCUT2D eigenvalue weighted by atomic mass is 9.94. The Labute approximate surface area is 117 Å². The highest BCUT2D eigenvalue weighted by molar-refractivity contribution is 7.91. The minimum atomic E-state index is -2.93. The van der Waals surface area contributed by atoms with Crippen molar-refractivity contribution in [2.75, 3.05) is 11.5 Å². The number of hydrogen-bond acceptors (Lipinski definition) is 4. The summed E-state index contributed by atoms with van der Waals surface area (Å²) in [5.41, 5.74) is 3.16. The topological polar surface area (TPSA) is 72.2 Å². The van der Waals surface area contributed by atoms with Crippen molar-refractivity contribution in [2.45, 2.75) is 18.9 Å². The van der Waals surface area contributed by atoms with Crippen LogP contribution < -0.4 is 11.3 Å². The molecule has 1 aliphatic rings. The van der Waals surface area contributed by atoms with Crippen molar-refractivity contribution in [3.8, 4) is 0 Å². The van der Waals surface area contributed by atoms with Crippen LogP contribution in [-0.2, 0) is 9.84 Å². The third-order valence-corrected chi connectivity index (χ3v) is 5.61. The molecule has 2 atom stereocenters. The molecule has 0 saturated carbocycles. The van der Waals surface area contributed by atoms with Gasteiger partial charge in [-0.3, -0.25) is 11.3 Å². The maximum atomic E-state index is 13.3. The second-order valence-electron chi connectivity index (χ2n) is 4.89. The molecule has 7 heteroatoms. The van der Waals surface area contributed by atoms with Crippen LogP contribution in [0.3, 0.4) is 0 Å². The second-order valence-corrected chi connectivity index (χ2v) is 7.53. The molecule has 106 valence electrons. The van der Waals surface area contributed by atoms with Gasteiger partial charge in [0.25, 0.3) is 0 Å². The van der Waals surface area contributed by atoms with Gasteiger partial charge < -0.3 is 0 Å². The normalized spacial score (nSPS) is 23.4. The SMILES string of the molecule is NNC(CC1CCS(=O)(=O)C1)c1cc(F)ccc1Cl. The van der Waals surface area contributed by atoms with E-state index in [1.165, 1.54) is 18.2 Å². The van der Waals surface area contributed by atoms with Gasteiger partial charge in [-0.05, 0) is 42.5 Å². The predicted octanol–water partition coefficient (Wildman–Crippen LogP) is 1.81. The predicted molar refractivity (Wildman–Crippen MR) is 72.9 cm³/mol. The average Bonchev–Trinajstić information content (AvgIpc) is 2.69. The van der Waals surface area contributed by atoms with Gasteiger partial charge >= 0.3 is 0 Å². The molecular weight excluding hydrogens is 291 g/mol.